The Hall–Kier alpha value is -3.00. The molecular weight excluding hydrogens is 421 g/mol. The van der Waals surface area contributed by atoms with Crippen molar-refractivity contribution >= 4 is 23.3 Å². The van der Waals surface area contributed by atoms with Crippen LogP contribution in [0, 0.1) is 18.7 Å². The normalized spacial score (nSPS) is 18.5. The van der Waals surface area contributed by atoms with E-state index in [4.69, 9.17) is 5.73 Å². The Labute approximate surface area is 196 Å². The van der Waals surface area contributed by atoms with Gasteiger partial charge < -0.3 is 16.0 Å². The summed E-state index contributed by atoms with van der Waals surface area (Å²) in [6.45, 7) is 14.0. The molecule has 33 heavy (non-hydrogen) atoms. The van der Waals surface area contributed by atoms with E-state index in [0.29, 0.717) is 36.1 Å². The van der Waals surface area contributed by atoms with Gasteiger partial charge in [-0.05, 0) is 49.1 Å². The van der Waals surface area contributed by atoms with Gasteiger partial charge in [0.15, 0.2) is 0 Å². The highest BCUT2D eigenvalue weighted by Crippen LogP contribution is 2.29. The van der Waals surface area contributed by atoms with Gasteiger partial charge in [0.1, 0.15) is 11.6 Å². The van der Waals surface area contributed by atoms with Crippen LogP contribution in [0.15, 0.2) is 36.5 Å². The van der Waals surface area contributed by atoms with Crippen molar-refractivity contribution in [2.24, 2.45) is 5.92 Å². The molecule has 1 aliphatic heterocycles. The zero-order valence-electron chi connectivity index (χ0n) is 20.4. The van der Waals surface area contributed by atoms with Crippen molar-refractivity contribution in [3.05, 3.63) is 53.5 Å². The third-order valence-corrected chi connectivity index (χ3v) is 5.55. The molecule has 1 saturated heterocycles. The Balaban J connectivity index is 0.00000187. The molecule has 1 aliphatic rings. The first-order chi connectivity index (χ1) is 15.7. The van der Waals surface area contributed by atoms with Crippen LogP contribution in [0.4, 0.5) is 15.9 Å². The average Bonchev–Trinajstić information content (AvgIpc) is 2.78. The van der Waals surface area contributed by atoms with Crippen LogP contribution in [0.25, 0.3) is 0 Å². The van der Waals surface area contributed by atoms with Gasteiger partial charge in [-0.2, -0.15) is 0 Å². The number of nitrogens with one attached hydrogen (secondary N) is 1. The number of amides is 2. The minimum atomic E-state index is -0.734. The van der Waals surface area contributed by atoms with Crippen LogP contribution in [-0.4, -0.2) is 52.3 Å². The van der Waals surface area contributed by atoms with Crippen LogP contribution < -0.4 is 11.1 Å². The zero-order valence-corrected chi connectivity index (χ0v) is 20.4. The maximum atomic E-state index is 13.5. The van der Waals surface area contributed by atoms with Gasteiger partial charge in [-0.15, -0.1) is 0 Å². The van der Waals surface area contributed by atoms with Crippen LogP contribution in [0.5, 0.6) is 0 Å². The van der Waals surface area contributed by atoms with Crippen LogP contribution >= 0.6 is 0 Å². The highest BCUT2D eigenvalue weighted by molar-refractivity contribution is 6.39. The van der Waals surface area contributed by atoms with Crippen molar-refractivity contribution in [1.82, 2.24) is 14.8 Å². The van der Waals surface area contributed by atoms with E-state index in [1.165, 1.54) is 18.3 Å². The number of nitrogens with zero attached hydrogens (tertiary/aromatic N) is 3. The highest BCUT2D eigenvalue weighted by atomic mass is 19.1. The van der Waals surface area contributed by atoms with Crippen LogP contribution in [-0.2, 0) is 9.59 Å². The number of carbonyl (C=O) groups is 2. The van der Waals surface area contributed by atoms with Crippen molar-refractivity contribution in [2.45, 2.75) is 53.6 Å². The molecule has 1 unspecified atom stereocenters. The highest BCUT2D eigenvalue weighted by Gasteiger charge is 2.37. The lowest BCUT2D eigenvalue weighted by Gasteiger charge is -2.45. The van der Waals surface area contributed by atoms with E-state index in [2.05, 4.69) is 36.0 Å². The molecule has 0 saturated carbocycles. The molecule has 1 fully saturated rings. The minimum absolute atomic E-state index is 0.0938. The fraction of sp³-hybridized carbons (Fsp3) is 0.480. The van der Waals surface area contributed by atoms with Gasteiger partial charge in [-0.3, -0.25) is 14.5 Å². The number of carbonyl (C=O) groups excluding carboxylic acids is 2. The topological polar surface area (TPSA) is 91.6 Å². The number of benzene rings is 1. The zero-order chi connectivity index (χ0) is 24.7. The maximum absolute atomic E-state index is 13.5. The number of hydrogen-bond acceptors (Lipinski definition) is 5. The number of aryl methyl sites for hydroxylation is 1. The van der Waals surface area contributed by atoms with Gasteiger partial charge in [-0.25, -0.2) is 9.37 Å². The molecule has 7 nitrogen and oxygen atoms in total. The lowest BCUT2D eigenvalue weighted by Crippen LogP contribution is -2.57. The van der Waals surface area contributed by atoms with Crippen LogP contribution in [0.3, 0.4) is 0 Å². The first-order valence-corrected chi connectivity index (χ1v) is 11.5. The van der Waals surface area contributed by atoms with E-state index in [-0.39, 0.29) is 17.9 Å². The van der Waals surface area contributed by atoms with Crippen LogP contribution in [0.2, 0.25) is 0 Å². The van der Waals surface area contributed by atoms with E-state index >= 15 is 0 Å². The Kier molecular flexibility index (Phi) is 9.34. The smallest absolute Gasteiger partial charge is 0.313 e. The van der Waals surface area contributed by atoms with Gasteiger partial charge >= 0.3 is 11.8 Å². The third-order valence-electron chi connectivity index (χ3n) is 5.55. The number of piperazine rings is 1. The second-order valence-electron chi connectivity index (χ2n) is 8.60. The number of halogens is 1. The number of pyridine rings is 1. The Morgan fingerprint density at radius 3 is 2.42 bits per heavy atom. The van der Waals surface area contributed by atoms with Gasteiger partial charge in [-0.1, -0.05) is 39.8 Å². The molecule has 0 bridgehead atoms. The second-order valence-corrected chi connectivity index (χ2v) is 8.60. The van der Waals surface area contributed by atoms with Crippen molar-refractivity contribution < 1.29 is 14.0 Å². The fourth-order valence-electron chi connectivity index (χ4n) is 3.91. The number of anilines is 2. The standard InChI is InChI=1S/C23H30FN5O2.C2H6/c1-14(2)11-28-13-20(17-5-7-18(24)8-6-17)29(12-16(28)4)23(31)22(30)27-19-9-15(3)21(25)26-10-19;1-2/h5-10,14,16,20H,11-13H2,1-4H3,(H2,25,26)(H,27,30);1-2H3/t16?,20-;/m1./s1. The summed E-state index contributed by atoms with van der Waals surface area (Å²) in [5.41, 5.74) is 7.65. The van der Waals surface area contributed by atoms with Gasteiger partial charge in [0.25, 0.3) is 0 Å². The maximum Gasteiger partial charge on any atom is 0.313 e. The summed E-state index contributed by atoms with van der Waals surface area (Å²) >= 11 is 0. The first-order valence-electron chi connectivity index (χ1n) is 11.5. The quantitative estimate of drug-likeness (QED) is 0.677. The van der Waals surface area contributed by atoms with Crippen molar-refractivity contribution in [3.63, 3.8) is 0 Å². The second kappa shape index (κ2) is 11.7. The number of aromatic nitrogens is 1. The number of hydrogen-bond donors (Lipinski definition) is 2. The number of nitrogens with two attached hydrogens (primary N) is 1. The van der Waals surface area contributed by atoms with E-state index in [9.17, 15) is 14.0 Å². The summed E-state index contributed by atoms with van der Waals surface area (Å²) in [5, 5.41) is 2.62. The van der Waals surface area contributed by atoms with Gasteiger partial charge in [0.05, 0.1) is 17.9 Å². The van der Waals surface area contributed by atoms with Crippen molar-refractivity contribution in [1.29, 1.82) is 0 Å². The van der Waals surface area contributed by atoms with Gasteiger partial charge in [0, 0.05) is 25.7 Å². The SMILES string of the molecule is CC.Cc1cc(NC(=O)C(=O)N2CC(C)N(CC(C)C)C[C@@H]2c2ccc(F)cc2)cnc1N. The molecule has 180 valence electrons. The average molecular weight is 458 g/mol. The molecule has 3 rings (SSSR count). The predicted octanol–water partition coefficient (Wildman–Crippen LogP) is 4.01. The van der Waals surface area contributed by atoms with Gasteiger partial charge in [0.2, 0.25) is 0 Å². The summed E-state index contributed by atoms with van der Waals surface area (Å²) in [6, 6.07) is 7.53. The largest absolute Gasteiger partial charge is 0.383 e. The summed E-state index contributed by atoms with van der Waals surface area (Å²) in [5.74, 6) is -0.866. The molecule has 3 N–H and O–H groups in total. The summed E-state index contributed by atoms with van der Waals surface area (Å²) in [6.07, 6.45) is 1.42. The lowest BCUT2D eigenvalue weighted by molar-refractivity contribution is -0.148. The Morgan fingerprint density at radius 1 is 1.21 bits per heavy atom. The van der Waals surface area contributed by atoms with E-state index in [1.54, 1.807) is 30.0 Å². The predicted molar refractivity (Wildman–Crippen MR) is 130 cm³/mol. The summed E-state index contributed by atoms with van der Waals surface area (Å²) < 4.78 is 13.5. The van der Waals surface area contributed by atoms with Crippen molar-refractivity contribution in [3.8, 4) is 0 Å². The Morgan fingerprint density at radius 2 is 1.85 bits per heavy atom. The molecule has 8 heteroatoms. The van der Waals surface area contributed by atoms with E-state index < -0.39 is 11.8 Å². The fourth-order valence-corrected chi connectivity index (χ4v) is 3.91. The molecule has 2 amide bonds. The Bertz CT molecular complexity index is 948. The van der Waals surface area contributed by atoms with E-state index in [0.717, 1.165) is 12.1 Å². The monoisotopic (exact) mass is 457 g/mol. The number of rotatable bonds is 4. The lowest BCUT2D eigenvalue weighted by atomic mass is 9.98. The summed E-state index contributed by atoms with van der Waals surface area (Å²) in [7, 11) is 0. The van der Waals surface area contributed by atoms with Crippen LogP contribution in [0.1, 0.15) is 51.8 Å². The summed E-state index contributed by atoms with van der Waals surface area (Å²) in [4.78, 5) is 33.8. The van der Waals surface area contributed by atoms with E-state index in [1.807, 2.05) is 13.8 Å². The molecule has 1 aromatic heterocycles. The minimum Gasteiger partial charge on any atom is -0.383 e. The molecule has 0 aliphatic carbocycles. The molecule has 2 aromatic rings. The molecule has 0 spiro atoms. The molecule has 1 aromatic carbocycles. The third kappa shape index (κ3) is 6.74. The molecule has 2 heterocycles. The molecule has 0 radical (unpaired) electrons. The van der Waals surface area contributed by atoms with Crippen molar-refractivity contribution in [2.75, 3.05) is 30.7 Å². The first kappa shape index (κ1) is 26.3. The molecular formula is C25H36FN5O2. The molecule has 2 atom stereocenters. The number of nitrogen functional groups attached to an aromatic ring is 1.